The first kappa shape index (κ1) is 18.6. The van der Waals surface area contributed by atoms with Crippen molar-refractivity contribution in [3.8, 4) is 0 Å². The van der Waals surface area contributed by atoms with Crippen LogP contribution in [-0.4, -0.2) is 54.7 Å². The first-order valence-electron chi connectivity index (χ1n) is 9.06. The maximum Gasteiger partial charge on any atom is 0.254 e. The molecule has 0 unspecified atom stereocenters. The largest absolute Gasteiger partial charge is 0.443 e. The van der Waals surface area contributed by atoms with Crippen molar-refractivity contribution < 1.29 is 17.6 Å². The lowest BCUT2D eigenvalue weighted by Gasteiger charge is -2.34. The van der Waals surface area contributed by atoms with E-state index in [1.807, 2.05) is 19.1 Å². The molecule has 0 atom stereocenters. The van der Waals surface area contributed by atoms with Gasteiger partial charge in [0.05, 0.1) is 4.90 Å². The molecule has 7 nitrogen and oxygen atoms in total. The Kier molecular flexibility index (Phi) is 4.68. The predicted molar refractivity (Wildman–Crippen MR) is 105 cm³/mol. The van der Waals surface area contributed by atoms with Crippen LogP contribution < -0.4 is 0 Å². The third-order valence-corrected chi connectivity index (χ3v) is 7.11. The first-order chi connectivity index (χ1) is 13.4. The van der Waals surface area contributed by atoms with E-state index >= 15 is 0 Å². The zero-order valence-corrected chi connectivity index (χ0v) is 16.6. The van der Waals surface area contributed by atoms with E-state index in [-0.39, 0.29) is 19.0 Å². The lowest BCUT2D eigenvalue weighted by atomic mass is 10.1. The van der Waals surface area contributed by atoms with Crippen molar-refractivity contribution in [1.29, 1.82) is 0 Å². The van der Waals surface area contributed by atoms with Gasteiger partial charge in [0, 0.05) is 31.7 Å². The van der Waals surface area contributed by atoms with Crippen LogP contribution in [-0.2, 0) is 10.0 Å². The van der Waals surface area contributed by atoms with Gasteiger partial charge in [0.15, 0.2) is 12.0 Å². The van der Waals surface area contributed by atoms with Crippen LogP contribution in [0.4, 0.5) is 0 Å². The smallest absolute Gasteiger partial charge is 0.254 e. The Hall–Kier alpha value is -2.71. The number of aromatic nitrogens is 1. The molecule has 8 heteroatoms. The summed E-state index contributed by atoms with van der Waals surface area (Å²) in [7, 11) is -3.58. The number of oxazole rings is 1. The van der Waals surface area contributed by atoms with Gasteiger partial charge in [-0.3, -0.25) is 4.79 Å². The van der Waals surface area contributed by atoms with Gasteiger partial charge in [0.25, 0.3) is 5.91 Å². The lowest BCUT2D eigenvalue weighted by Crippen LogP contribution is -2.50. The summed E-state index contributed by atoms with van der Waals surface area (Å²) in [6, 6.07) is 10.5. The fourth-order valence-electron chi connectivity index (χ4n) is 3.43. The van der Waals surface area contributed by atoms with Crippen molar-refractivity contribution in [1.82, 2.24) is 14.2 Å². The van der Waals surface area contributed by atoms with Gasteiger partial charge in [-0.1, -0.05) is 12.1 Å². The van der Waals surface area contributed by atoms with Crippen LogP contribution in [0.1, 0.15) is 21.5 Å². The minimum absolute atomic E-state index is 0.131. The summed E-state index contributed by atoms with van der Waals surface area (Å²) in [4.78, 5) is 18.9. The van der Waals surface area contributed by atoms with Crippen molar-refractivity contribution >= 4 is 27.0 Å². The van der Waals surface area contributed by atoms with Gasteiger partial charge in [-0.05, 0) is 49.2 Å². The normalized spacial score (nSPS) is 15.9. The third kappa shape index (κ3) is 3.29. The molecule has 1 fully saturated rings. The van der Waals surface area contributed by atoms with Crippen LogP contribution in [0.5, 0.6) is 0 Å². The van der Waals surface area contributed by atoms with Gasteiger partial charge in [-0.15, -0.1) is 0 Å². The Balaban J connectivity index is 1.49. The van der Waals surface area contributed by atoms with E-state index < -0.39 is 10.0 Å². The summed E-state index contributed by atoms with van der Waals surface area (Å²) in [6.45, 7) is 4.91. The van der Waals surface area contributed by atoms with Crippen LogP contribution in [0, 0.1) is 13.8 Å². The minimum Gasteiger partial charge on any atom is -0.443 e. The topological polar surface area (TPSA) is 83.7 Å². The van der Waals surface area contributed by atoms with E-state index in [4.69, 9.17) is 4.42 Å². The molecule has 1 amide bonds. The molecule has 0 N–H and O–H groups in total. The number of hydrogen-bond acceptors (Lipinski definition) is 5. The fraction of sp³-hybridized carbons (Fsp3) is 0.300. The SMILES string of the molecule is Cc1ccc(C)c(S(=O)(=O)N2CCN(C(=O)c3ccc4ocnc4c3)CC2)c1. The summed E-state index contributed by atoms with van der Waals surface area (Å²) >= 11 is 0. The van der Waals surface area contributed by atoms with E-state index in [1.165, 1.54) is 10.7 Å². The number of aryl methyl sites for hydroxylation is 2. The van der Waals surface area contributed by atoms with Gasteiger partial charge < -0.3 is 9.32 Å². The van der Waals surface area contributed by atoms with Crippen LogP contribution in [0.15, 0.2) is 52.1 Å². The molecule has 2 heterocycles. The molecule has 4 rings (SSSR count). The van der Waals surface area contributed by atoms with Gasteiger partial charge in [-0.25, -0.2) is 13.4 Å². The number of carbonyl (C=O) groups is 1. The number of fused-ring (bicyclic) bond motifs is 1. The summed E-state index contributed by atoms with van der Waals surface area (Å²) in [5, 5.41) is 0. The summed E-state index contributed by atoms with van der Waals surface area (Å²) in [5.41, 5.74) is 3.40. The Morgan fingerprint density at radius 2 is 1.79 bits per heavy atom. The number of benzene rings is 2. The maximum atomic E-state index is 13.0. The van der Waals surface area contributed by atoms with E-state index in [1.54, 1.807) is 36.1 Å². The van der Waals surface area contributed by atoms with E-state index in [9.17, 15) is 13.2 Å². The highest BCUT2D eigenvalue weighted by molar-refractivity contribution is 7.89. The Labute approximate surface area is 163 Å². The summed E-state index contributed by atoms with van der Waals surface area (Å²) < 4.78 is 32.7. The molecule has 0 bridgehead atoms. The van der Waals surface area contributed by atoms with Gasteiger partial charge >= 0.3 is 0 Å². The number of carbonyl (C=O) groups excluding carboxylic acids is 1. The highest BCUT2D eigenvalue weighted by atomic mass is 32.2. The molecule has 146 valence electrons. The lowest BCUT2D eigenvalue weighted by molar-refractivity contribution is 0.0698. The van der Waals surface area contributed by atoms with Crippen LogP contribution in [0.2, 0.25) is 0 Å². The number of hydrogen-bond donors (Lipinski definition) is 0. The molecule has 2 aromatic carbocycles. The van der Waals surface area contributed by atoms with Gasteiger partial charge in [-0.2, -0.15) is 4.31 Å². The molecular formula is C20H21N3O4S. The molecule has 1 aromatic heterocycles. The molecule has 0 radical (unpaired) electrons. The van der Waals surface area contributed by atoms with Crippen LogP contribution in [0.25, 0.3) is 11.1 Å². The zero-order valence-electron chi connectivity index (χ0n) is 15.8. The summed E-state index contributed by atoms with van der Waals surface area (Å²) in [6.07, 6.45) is 1.34. The second kappa shape index (κ2) is 7.03. The zero-order chi connectivity index (χ0) is 19.9. The molecule has 0 saturated carbocycles. The quantitative estimate of drug-likeness (QED) is 0.676. The van der Waals surface area contributed by atoms with Gasteiger partial charge in [0.1, 0.15) is 5.52 Å². The molecule has 1 aliphatic heterocycles. The molecule has 1 aliphatic rings. The highest BCUT2D eigenvalue weighted by Crippen LogP contribution is 2.23. The first-order valence-corrected chi connectivity index (χ1v) is 10.5. The molecule has 1 saturated heterocycles. The van der Waals surface area contributed by atoms with E-state index in [2.05, 4.69) is 4.98 Å². The molecule has 28 heavy (non-hydrogen) atoms. The maximum absolute atomic E-state index is 13.0. The van der Waals surface area contributed by atoms with E-state index in [0.29, 0.717) is 34.6 Å². The Morgan fingerprint density at radius 3 is 2.54 bits per heavy atom. The number of sulfonamides is 1. The fourth-order valence-corrected chi connectivity index (χ4v) is 5.16. The monoisotopic (exact) mass is 399 g/mol. The Morgan fingerprint density at radius 1 is 1.04 bits per heavy atom. The van der Waals surface area contributed by atoms with Gasteiger partial charge in [0.2, 0.25) is 10.0 Å². The van der Waals surface area contributed by atoms with Crippen molar-refractivity contribution in [3.05, 3.63) is 59.5 Å². The van der Waals surface area contributed by atoms with Crippen molar-refractivity contribution in [3.63, 3.8) is 0 Å². The number of rotatable bonds is 3. The number of amides is 1. The van der Waals surface area contributed by atoms with Crippen LogP contribution in [0.3, 0.4) is 0 Å². The molecule has 3 aromatic rings. The second-order valence-electron chi connectivity index (χ2n) is 7.00. The Bertz CT molecular complexity index is 1150. The highest BCUT2D eigenvalue weighted by Gasteiger charge is 2.31. The predicted octanol–water partition coefficient (Wildman–Crippen LogP) is 2.59. The standard InChI is InChI=1S/C20H21N3O4S/c1-14-3-4-15(2)19(11-14)28(25,26)23-9-7-22(8-10-23)20(24)16-5-6-18-17(12-16)21-13-27-18/h3-6,11-13H,7-10H2,1-2H3. The average molecular weight is 399 g/mol. The minimum atomic E-state index is -3.58. The van der Waals surface area contributed by atoms with Crippen LogP contribution >= 0.6 is 0 Å². The number of nitrogens with zero attached hydrogens (tertiary/aromatic N) is 3. The van der Waals surface area contributed by atoms with Crippen molar-refractivity contribution in [2.75, 3.05) is 26.2 Å². The summed E-state index contributed by atoms with van der Waals surface area (Å²) in [5.74, 6) is -0.131. The third-order valence-electron chi connectivity index (χ3n) is 5.06. The average Bonchev–Trinajstić information content (AvgIpc) is 3.17. The second-order valence-corrected chi connectivity index (χ2v) is 8.91. The van der Waals surface area contributed by atoms with Crippen molar-refractivity contribution in [2.45, 2.75) is 18.7 Å². The molecule has 0 spiro atoms. The molecule has 0 aliphatic carbocycles. The van der Waals surface area contributed by atoms with Crippen molar-refractivity contribution in [2.24, 2.45) is 0 Å². The number of piperazine rings is 1. The molecular weight excluding hydrogens is 378 g/mol. The van der Waals surface area contributed by atoms with E-state index in [0.717, 1.165) is 11.1 Å².